The number of rotatable bonds is 7. The van der Waals surface area contributed by atoms with Crippen LogP contribution in [0.2, 0.25) is 0 Å². The molecule has 198 valence electrons. The summed E-state index contributed by atoms with van der Waals surface area (Å²) in [6.45, 7) is 3.46. The third kappa shape index (κ3) is 5.29. The number of esters is 2. The Morgan fingerprint density at radius 2 is 1.59 bits per heavy atom. The van der Waals surface area contributed by atoms with E-state index in [1.54, 1.807) is 31.4 Å². The summed E-state index contributed by atoms with van der Waals surface area (Å²) in [5.41, 5.74) is 2.32. The van der Waals surface area contributed by atoms with Crippen LogP contribution in [0.1, 0.15) is 36.5 Å². The Bertz CT molecular complexity index is 1540. The molecule has 0 N–H and O–H groups in total. The number of nitro groups is 1. The summed E-state index contributed by atoms with van der Waals surface area (Å²) in [7, 11) is 1.57. The molecule has 1 atom stereocenters. The van der Waals surface area contributed by atoms with Crippen LogP contribution in [0.5, 0.6) is 5.75 Å². The second-order valence-corrected chi connectivity index (χ2v) is 9.87. The normalized spacial score (nSPS) is 15.9. The molecule has 5 rings (SSSR count). The van der Waals surface area contributed by atoms with Crippen LogP contribution in [-0.4, -0.2) is 29.8 Å². The number of methoxy groups -OCH3 is 1. The van der Waals surface area contributed by atoms with Crippen LogP contribution >= 0.6 is 0 Å². The first-order chi connectivity index (χ1) is 18.6. The molecule has 39 heavy (non-hydrogen) atoms. The molecule has 3 aromatic carbocycles. The van der Waals surface area contributed by atoms with Gasteiger partial charge in [-0.15, -0.1) is 0 Å². The van der Waals surface area contributed by atoms with Gasteiger partial charge in [0.1, 0.15) is 5.75 Å². The molecule has 0 aliphatic carbocycles. The molecule has 1 unspecified atom stereocenters. The molecule has 9 heteroatoms. The number of aromatic nitrogens is 1. The molecule has 4 aromatic rings. The van der Waals surface area contributed by atoms with Gasteiger partial charge in [-0.25, -0.2) is 0 Å². The lowest BCUT2D eigenvalue weighted by molar-refractivity contribution is -0.687. The van der Waals surface area contributed by atoms with Gasteiger partial charge in [-0.1, -0.05) is 30.3 Å². The van der Waals surface area contributed by atoms with Gasteiger partial charge in [0, 0.05) is 48.4 Å². The van der Waals surface area contributed by atoms with E-state index >= 15 is 0 Å². The third-order valence-corrected chi connectivity index (χ3v) is 6.74. The van der Waals surface area contributed by atoms with Crippen molar-refractivity contribution in [2.45, 2.75) is 32.1 Å². The number of hydrogen-bond donors (Lipinski definition) is 0. The van der Waals surface area contributed by atoms with Crippen molar-refractivity contribution in [1.29, 1.82) is 0 Å². The molecule has 1 aliphatic heterocycles. The molecule has 9 nitrogen and oxygen atoms in total. The second kappa shape index (κ2) is 10.2. The molecular weight excluding hydrogens is 500 g/mol. The zero-order valence-corrected chi connectivity index (χ0v) is 21.7. The summed E-state index contributed by atoms with van der Waals surface area (Å²) >= 11 is 0. The Labute approximate surface area is 224 Å². The SMILES string of the molecule is COc1ccc(C(c2c[n+](Cc3ccc([N+](=O)[O-])cc3)cc3ccccc23)C2C(=O)OC(C)(C)OC2=O)cc1. The Hall–Kier alpha value is -4.79. The number of hydrogen-bond acceptors (Lipinski definition) is 7. The number of carbonyl (C=O) groups excluding carboxylic acids is 2. The minimum Gasteiger partial charge on any atom is -0.497 e. The molecule has 0 amide bonds. The number of non-ortho nitro benzene ring substituents is 1. The van der Waals surface area contributed by atoms with Gasteiger partial charge in [0.05, 0.1) is 12.0 Å². The fourth-order valence-corrected chi connectivity index (χ4v) is 4.97. The van der Waals surface area contributed by atoms with Crippen molar-refractivity contribution in [3.8, 4) is 5.75 Å². The molecule has 0 bridgehead atoms. The molecule has 1 aliphatic rings. The maximum Gasteiger partial charge on any atom is 0.324 e. The number of cyclic esters (lactones) is 2. The largest absolute Gasteiger partial charge is 0.497 e. The molecule has 1 saturated heterocycles. The van der Waals surface area contributed by atoms with E-state index in [0.29, 0.717) is 17.9 Å². The Balaban J connectivity index is 1.66. The quantitative estimate of drug-likeness (QED) is 0.113. The highest BCUT2D eigenvalue weighted by molar-refractivity contribution is 5.99. The highest BCUT2D eigenvalue weighted by Gasteiger charge is 2.49. The average Bonchev–Trinajstić information content (AvgIpc) is 2.90. The minimum atomic E-state index is -1.36. The molecule has 0 saturated carbocycles. The number of nitro benzene ring substituents is 1. The van der Waals surface area contributed by atoms with Crippen LogP contribution in [0.25, 0.3) is 10.8 Å². The Morgan fingerprint density at radius 1 is 0.949 bits per heavy atom. The Kier molecular flexibility index (Phi) is 6.74. The molecule has 2 heterocycles. The zero-order chi connectivity index (χ0) is 27.7. The summed E-state index contributed by atoms with van der Waals surface area (Å²) in [5.74, 6) is -3.99. The topological polar surface area (TPSA) is 109 Å². The lowest BCUT2D eigenvalue weighted by Gasteiger charge is -2.36. The summed E-state index contributed by atoms with van der Waals surface area (Å²) in [4.78, 5) is 37.3. The molecule has 1 aromatic heterocycles. The van der Waals surface area contributed by atoms with Crippen molar-refractivity contribution in [1.82, 2.24) is 0 Å². The van der Waals surface area contributed by atoms with Gasteiger partial charge in [-0.3, -0.25) is 19.7 Å². The van der Waals surface area contributed by atoms with E-state index in [0.717, 1.165) is 21.9 Å². The molecule has 0 radical (unpaired) electrons. The maximum atomic E-state index is 13.3. The summed E-state index contributed by atoms with van der Waals surface area (Å²) in [5, 5.41) is 12.8. The number of carbonyl (C=O) groups is 2. The zero-order valence-electron chi connectivity index (χ0n) is 21.7. The first-order valence-corrected chi connectivity index (χ1v) is 12.4. The van der Waals surface area contributed by atoms with E-state index in [9.17, 15) is 19.7 Å². The molecule has 1 fully saturated rings. The van der Waals surface area contributed by atoms with Crippen molar-refractivity contribution in [3.05, 3.63) is 112 Å². The fraction of sp³-hybridized carbons (Fsp3) is 0.233. The first kappa shape index (κ1) is 25.8. The van der Waals surface area contributed by atoms with Gasteiger partial charge in [-0.05, 0) is 41.3 Å². The van der Waals surface area contributed by atoms with Gasteiger partial charge in [0.25, 0.3) is 11.5 Å². The van der Waals surface area contributed by atoms with Gasteiger partial charge >= 0.3 is 11.9 Å². The Morgan fingerprint density at radius 3 is 2.21 bits per heavy atom. The van der Waals surface area contributed by atoms with E-state index in [2.05, 4.69) is 0 Å². The van der Waals surface area contributed by atoms with Crippen molar-refractivity contribution >= 4 is 28.4 Å². The van der Waals surface area contributed by atoms with Crippen LogP contribution in [0.3, 0.4) is 0 Å². The van der Waals surface area contributed by atoms with Crippen LogP contribution in [-0.2, 0) is 25.6 Å². The number of nitrogens with zero attached hydrogens (tertiary/aromatic N) is 2. The standard InChI is InChI=1S/C30H27N2O7/c1-30(2)38-28(33)27(29(34)39-30)26(20-10-14-23(37-3)15-11-20)25-18-31(17-21-6-4-5-7-24(21)25)16-19-8-12-22(13-9-19)32(35)36/h4-15,17-18,26-27H,16H2,1-3H3/q+1. The van der Waals surface area contributed by atoms with Crippen molar-refractivity contribution < 1.29 is 33.3 Å². The summed E-state index contributed by atoms with van der Waals surface area (Å²) in [6.07, 6.45) is 3.87. The molecular formula is C30H27N2O7+. The van der Waals surface area contributed by atoms with Crippen molar-refractivity contribution in [2.24, 2.45) is 5.92 Å². The first-order valence-electron chi connectivity index (χ1n) is 12.4. The lowest BCUT2D eigenvalue weighted by Crippen LogP contribution is -2.48. The number of pyridine rings is 1. The van der Waals surface area contributed by atoms with Crippen LogP contribution < -0.4 is 9.30 Å². The van der Waals surface area contributed by atoms with Crippen LogP contribution in [0.15, 0.2) is 85.2 Å². The average molecular weight is 528 g/mol. The van der Waals surface area contributed by atoms with E-state index in [1.165, 1.54) is 26.0 Å². The predicted molar refractivity (Wildman–Crippen MR) is 141 cm³/mol. The number of ether oxygens (including phenoxy) is 3. The van der Waals surface area contributed by atoms with E-state index in [4.69, 9.17) is 14.2 Å². The highest BCUT2D eigenvalue weighted by Crippen LogP contribution is 2.40. The van der Waals surface area contributed by atoms with E-state index < -0.39 is 34.5 Å². The van der Waals surface area contributed by atoms with Gasteiger partial charge in [0.2, 0.25) is 0 Å². The monoisotopic (exact) mass is 527 g/mol. The summed E-state index contributed by atoms with van der Waals surface area (Å²) in [6, 6.07) is 21.3. The van der Waals surface area contributed by atoms with Gasteiger partial charge in [-0.2, -0.15) is 4.57 Å². The van der Waals surface area contributed by atoms with Crippen LogP contribution in [0.4, 0.5) is 5.69 Å². The third-order valence-electron chi connectivity index (χ3n) is 6.74. The van der Waals surface area contributed by atoms with Gasteiger partial charge < -0.3 is 14.2 Å². The number of benzene rings is 3. The maximum absolute atomic E-state index is 13.3. The predicted octanol–water partition coefficient (Wildman–Crippen LogP) is 4.68. The van der Waals surface area contributed by atoms with Gasteiger partial charge in [0.15, 0.2) is 24.9 Å². The smallest absolute Gasteiger partial charge is 0.324 e. The highest BCUT2D eigenvalue weighted by atomic mass is 16.7. The summed E-state index contributed by atoms with van der Waals surface area (Å²) < 4.78 is 18.3. The van der Waals surface area contributed by atoms with E-state index in [-0.39, 0.29) is 5.69 Å². The number of fused-ring (bicyclic) bond motifs is 1. The van der Waals surface area contributed by atoms with Crippen molar-refractivity contribution in [2.75, 3.05) is 7.11 Å². The fourth-order valence-electron chi connectivity index (χ4n) is 4.97. The lowest BCUT2D eigenvalue weighted by atomic mass is 9.79. The van der Waals surface area contributed by atoms with Crippen LogP contribution in [0, 0.1) is 16.0 Å². The van der Waals surface area contributed by atoms with Crippen molar-refractivity contribution in [3.63, 3.8) is 0 Å². The molecule has 0 spiro atoms. The second-order valence-electron chi connectivity index (χ2n) is 9.87. The minimum absolute atomic E-state index is 0.0137. The van der Waals surface area contributed by atoms with E-state index in [1.807, 2.05) is 53.4 Å².